The van der Waals surface area contributed by atoms with Crippen molar-refractivity contribution in [3.63, 3.8) is 0 Å². The molecular formula is C10H19N3O2. The Bertz CT molecular complexity index is 318. The zero-order chi connectivity index (χ0) is 11.5. The largest absolute Gasteiger partial charge is 0.388 e. The van der Waals surface area contributed by atoms with Gasteiger partial charge in [-0.2, -0.15) is 0 Å². The van der Waals surface area contributed by atoms with Gasteiger partial charge in [0.2, 0.25) is 0 Å². The van der Waals surface area contributed by atoms with Gasteiger partial charge in [0, 0.05) is 13.7 Å². The van der Waals surface area contributed by atoms with Gasteiger partial charge in [-0.25, -0.2) is 0 Å². The molecule has 86 valence electrons. The molecule has 0 aliphatic carbocycles. The molecule has 5 nitrogen and oxygen atoms in total. The van der Waals surface area contributed by atoms with E-state index in [9.17, 15) is 0 Å². The van der Waals surface area contributed by atoms with E-state index in [1.165, 1.54) is 0 Å². The average molecular weight is 213 g/mol. The summed E-state index contributed by atoms with van der Waals surface area (Å²) in [5.74, 6) is 1.36. The van der Waals surface area contributed by atoms with Crippen molar-refractivity contribution in [3.8, 4) is 0 Å². The van der Waals surface area contributed by atoms with Crippen LogP contribution >= 0.6 is 0 Å². The second-order valence-corrected chi connectivity index (χ2v) is 3.63. The highest BCUT2D eigenvalue weighted by Gasteiger charge is 2.30. The molecule has 1 atom stereocenters. The summed E-state index contributed by atoms with van der Waals surface area (Å²) in [5, 5.41) is 17.2. The van der Waals surface area contributed by atoms with E-state index in [4.69, 9.17) is 9.84 Å². The normalized spacial score (nSPS) is 15.3. The molecule has 0 fully saturated rings. The van der Waals surface area contributed by atoms with Crippen LogP contribution in [0.15, 0.2) is 0 Å². The minimum absolute atomic E-state index is 0.0929. The lowest BCUT2D eigenvalue weighted by Crippen LogP contribution is -2.28. The van der Waals surface area contributed by atoms with Crippen LogP contribution in [0.5, 0.6) is 0 Å². The molecule has 1 aromatic rings. The van der Waals surface area contributed by atoms with Crippen molar-refractivity contribution >= 4 is 0 Å². The van der Waals surface area contributed by atoms with E-state index in [1.807, 2.05) is 25.3 Å². The Labute approximate surface area is 90.1 Å². The zero-order valence-electron chi connectivity index (χ0n) is 9.82. The van der Waals surface area contributed by atoms with Crippen molar-refractivity contribution in [2.75, 3.05) is 7.11 Å². The molecule has 1 heterocycles. The van der Waals surface area contributed by atoms with Gasteiger partial charge in [-0.1, -0.05) is 6.92 Å². The summed E-state index contributed by atoms with van der Waals surface area (Å²) < 4.78 is 7.36. The van der Waals surface area contributed by atoms with E-state index in [2.05, 4.69) is 10.2 Å². The van der Waals surface area contributed by atoms with Crippen molar-refractivity contribution in [2.24, 2.45) is 0 Å². The number of hydrogen-bond donors (Lipinski definition) is 1. The minimum Gasteiger partial charge on any atom is -0.388 e. The van der Waals surface area contributed by atoms with Crippen molar-refractivity contribution in [2.45, 2.75) is 45.9 Å². The number of methoxy groups -OCH3 is 1. The second-order valence-electron chi connectivity index (χ2n) is 3.63. The lowest BCUT2D eigenvalue weighted by molar-refractivity contribution is -0.0122. The number of rotatable bonds is 5. The molecule has 5 heteroatoms. The molecule has 0 saturated carbocycles. The van der Waals surface area contributed by atoms with E-state index in [0.29, 0.717) is 5.82 Å². The summed E-state index contributed by atoms with van der Waals surface area (Å²) >= 11 is 0. The average Bonchev–Trinajstić information content (AvgIpc) is 2.71. The molecule has 0 bridgehead atoms. The van der Waals surface area contributed by atoms with Crippen LogP contribution in [-0.2, 0) is 23.5 Å². The van der Waals surface area contributed by atoms with Gasteiger partial charge in [-0.15, -0.1) is 10.2 Å². The van der Waals surface area contributed by atoms with Crippen LogP contribution in [0.4, 0.5) is 0 Å². The molecule has 1 aromatic heterocycles. The maximum absolute atomic E-state index is 9.11. The fourth-order valence-electron chi connectivity index (χ4n) is 1.57. The predicted octanol–water partition coefficient (Wildman–Crippen LogP) is 1.06. The van der Waals surface area contributed by atoms with Gasteiger partial charge >= 0.3 is 0 Å². The SMILES string of the molecule is CCn1c(CO)nnc1C(C)(CC)OC. The topological polar surface area (TPSA) is 60.2 Å². The molecule has 0 amide bonds. The van der Waals surface area contributed by atoms with Crippen molar-refractivity contribution in [1.82, 2.24) is 14.8 Å². The van der Waals surface area contributed by atoms with Crippen LogP contribution < -0.4 is 0 Å². The Kier molecular flexibility index (Phi) is 3.82. The molecular weight excluding hydrogens is 194 g/mol. The van der Waals surface area contributed by atoms with Gasteiger partial charge in [0.05, 0.1) is 0 Å². The number of aliphatic hydroxyl groups excluding tert-OH is 1. The van der Waals surface area contributed by atoms with Gasteiger partial charge < -0.3 is 14.4 Å². The Morgan fingerprint density at radius 1 is 1.40 bits per heavy atom. The summed E-state index contributed by atoms with van der Waals surface area (Å²) in [6.45, 7) is 6.65. The second kappa shape index (κ2) is 4.72. The van der Waals surface area contributed by atoms with Gasteiger partial charge in [0.25, 0.3) is 0 Å². The van der Waals surface area contributed by atoms with Gasteiger partial charge in [-0.3, -0.25) is 0 Å². The fourth-order valence-corrected chi connectivity index (χ4v) is 1.57. The Morgan fingerprint density at radius 3 is 2.47 bits per heavy atom. The van der Waals surface area contributed by atoms with Gasteiger partial charge in [-0.05, 0) is 20.3 Å². The lowest BCUT2D eigenvalue weighted by Gasteiger charge is -2.26. The third kappa shape index (κ3) is 2.03. The zero-order valence-corrected chi connectivity index (χ0v) is 9.82. The first kappa shape index (κ1) is 12.1. The summed E-state index contributed by atoms with van der Waals surface area (Å²) in [6.07, 6.45) is 0.813. The van der Waals surface area contributed by atoms with E-state index in [0.717, 1.165) is 18.8 Å². The third-order valence-electron chi connectivity index (χ3n) is 2.88. The number of ether oxygens (including phenoxy) is 1. The third-order valence-corrected chi connectivity index (χ3v) is 2.88. The van der Waals surface area contributed by atoms with Crippen molar-refractivity contribution in [3.05, 3.63) is 11.6 Å². The molecule has 1 rings (SSSR count). The van der Waals surface area contributed by atoms with Crippen molar-refractivity contribution in [1.29, 1.82) is 0 Å². The fraction of sp³-hybridized carbons (Fsp3) is 0.800. The summed E-state index contributed by atoms with van der Waals surface area (Å²) in [5.41, 5.74) is -0.434. The van der Waals surface area contributed by atoms with E-state index in [1.54, 1.807) is 7.11 Å². The molecule has 1 unspecified atom stereocenters. The Morgan fingerprint density at radius 2 is 2.07 bits per heavy atom. The van der Waals surface area contributed by atoms with Crippen LogP contribution in [0.1, 0.15) is 38.8 Å². The summed E-state index contributed by atoms with van der Waals surface area (Å²) in [6, 6.07) is 0. The van der Waals surface area contributed by atoms with Crippen LogP contribution in [0, 0.1) is 0 Å². The molecule has 0 spiro atoms. The number of aromatic nitrogens is 3. The van der Waals surface area contributed by atoms with Crippen molar-refractivity contribution < 1.29 is 9.84 Å². The van der Waals surface area contributed by atoms with E-state index >= 15 is 0 Å². The molecule has 0 aromatic carbocycles. The molecule has 0 aliphatic heterocycles. The number of hydrogen-bond acceptors (Lipinski definition) is 4. The predicted molar refractivity (Wildman–Crippen MR) is 56.3 cm³/mol. The first-order chi connectivity index (χ1) is 7.12. The molecule has 15 heavy (non-hydrogen) atoms. The molecule has 0 saturated heterocycles. The maximum atomic E-state index is 9.11. The van der Waals surface area contributed by atoms with Crippen LogP contribution in [0.2, 0.25) is 0 Å². The Balaban J connectivity index is 3.18. The monoisotopic (exact) mass is 213 g/mol. The van der Waals surface area contributed by atoms with Crippen LogP contribution in [0.25, 0.3) is 0 Å². The van der Waals surface area contributed by atoms with E-state index in [-0.39, 0.29) is 6.61 Å². The minimum atomic E-state index is -0.434. The number of nitrogens with zero attached hydrogens (tertiary/aromatic N) is 3. The quantitative estimate of drug-likeness (QED) is 0.794. The smallest absolute Gasteiger partial charge is 0.165 e. The highest BCUT2D eigenvalue weighted by molar-refractivity contribution is 5.04. The highest BCUT2D eigenvalue weighted by Crippen LogP contribution is 2.27. The standard InChI is InChI=1S/C10H19N3O2/c1-5-10(3,15-4)9-12-11-8(7-14)13(9)6-2/h14H,5-7H2,1-4H3. The highest BCUT2D eigenvalue weighted by atomic mass is 16.5. The molecule has 0 radical (unpaired) electrons. The molecule has 1 N–H and O–H groups in total. The molecule has 0 aliphatic rings. The first-order valence-corrected chi connectivity index (χ1v) is 5.21. The Hall–Kier alpha value is -0.940. The first-order valence-electron chi connectivity index (χ1n) is 5.21. The summed E-state index contributed by atoms with van der Waals surface area (Å²) in [4.78, 5) is 0. The summed E-state index contributed by atoms with van der Waals surface area (Å²) in [7, 11) is 1.66. The van der Waals surface area contributed by atoms with Crippen LogP contribution in [-0.4, -0.2) is 27.0 Å². The maximum Gasteiger partial charge on any atom is 0.165 e. The lowest BCUT2D eigenvalue weighted by atomic mass is 10.0. The van der Waals surface area contributed by atoms with E-state index < -0.39 is 5.60 Å². The van der Waals surface area contributed by atoms with Gasteiger partial charge in [0.15, 0.2) is 11.6 Å². The number of aliphatic hydroxyl groups is 1. The van der Waals surface area contributed by atoms with Gasteiger partial charge in [0.1, 0.15) is 12.2 Å². The van der Waals surface area contributed by atoms with Crippen LogP contribution in [0.3, 0.4) is 0 Å².